The fourth-order valence-corrected chi connectivity index (χ4v) is 4.65. The summed E-state index contributed by atoms with van der Waals surface area (Å²) in [7, 11) is 0. The van der Waals surface area contributed by atoms with Gasteiger partial charge in [-0.05, 0) is 74.6 Å². The van der Waals surface area contributed by atoms with Crippen LogP contribution in [0.25, 0.3) is 0 Å². The minimum absolute atomic E-state index is 0.0186. The molecule has 0 saturated carbocycles. The van der Waals surface area contributed by atoms with E-state index in [4.69, 9.17) is 4.74 Å². The molecule has 41 heavy (non-hydrogen) atoms. The van der Waals surface area contributed by atoms with E-state index < -0.39 is 71.5 Å². The van der Waals surface area contributed by atoms with Gasteiger partial charge in [-0.25, -0.2) is 4.79 Å². The van der Waals surface area contributed by atoms with Crippen LogP contribution in [0.1, 0.15) is 73.9 Å². The maximum absolute atomic E-state index is 13.6. The average molecular weight is 599 g/mol. The molecule has 2 aromatic rings. The molecule has 1 atom stereocenters. The number of hydrogen-bond acceptors (Lipinski definition) is 3. The minimum atomic E-state index is -5.12. The van der Waals surface area contributed by atoms with Crippen molar-refractivity contribution in [3.05, 3.63) is 64.2 Å². The van der Waals surface area contributed by atoms with Crippen LogP contribution in [0.3, 0.4) is 0 Å². The lowest BCUT2D eigenvalue weighted by molar-refractivity contribution is -0.143. The Morgan fingerprint density at radius 1 is 0.878 bits per heavy atom. The van der Waals surface area contributed by atoms with Gasteiger partial charge in [-0.2, -0.15) is 39.5 Å². The summed E-state index contributed by atoms with van der Waals surface area (Å²) >= 11 is 0. The largest absolute Gasteiger partial charge is 0.446 e. The summed E-state index contributed by atoms with van der Waals surface area (Å²) in [5.74, 6) is -0.747. The third kappa shape index (κ3) is 7.85. The summed E-state index contributed by atoms with van der Waals surface area (Å²) in [6, 6.07) is 2.39. The SMILES string of the molecule is CC(=O)N(Cc1cc(C(F)(F)F)cc(C(F)(F)F)c1)C1CCCCN(C(=O)OC(C)C)c2cc(C(F)(F)F)ccc21. The summed E-state index contributed by atoms with van der Waals surface area (Å²) in [4.78, 5) is 27.7. The van der Waals surface area contributed by atoms with Crippen molar-refractivity contribution in [2.45, 2.75) is 77.3 Å². The zero-order valence-electron chi connectivity index (χ0n) is 22.2. The average Bonchev–Trinajstić information content (AvgIpc) is 2.81. The molecule has 226 valence electrons. The summed E-state index contributed by atoms with van der Waals surface area (Å²) in [6.07, 6.45) is -15.9. The Kier molecular flexibility index (Phi) is 9.23. The molecule has 1 unspecified atom stereocenters. The monoisotopic (exact) mass is 598 g/mol. The van der Waals surface area contributed by atoms with Gasteiger partial charge in [-0.3, -0.25) is 9.69 Å². The van der Waals surface area contributed by atoms with Crippen molar-refractivity contribution in [3.63, 3.8) is 0 Å². The molecule has 1 aliphatic heterocycles. The molecular weight excluding hydrogens is 571 g/mol. The Morgan fingerprint density at radius 2 is 1.44 bits per heavy atom. The van der Waals surface area contributed by atoms with Gasteiger partial charge in [0.05, 0.1) is 34.5 Å². The third-order valence-electron chi connectivity index (χ3n) is 6.45. The van der Waals surface area contributed by atoms with Crippen molar-refractivity contribution >= 4 is 17.7 Å². The number of halogens is 9. The maximum atomic E-state index is 13.6. The quantitative estimate of drug-likeness (QED) is 0.333. The highest BCUT2D eigenvalue weighted by molar-refractivity contribution is 5.89. The first-order valence-corrected chi connectivity index (χ1v) is 12.5. The maximum Gasteiger partial charge on any atom is 0.416 e. The topological polar surface area (TPSA) is 49.9 Å². The van der Waals surface area contributed by atoms with E-state index >= 15 is 0 Å². The second-order valence-corrected chi connectivity index (χ2v) is 9.93. The first-order chi connectivity index (χ1) is 18.8. The molecule has 0 aliphatic carbocycles. The number of ether oxygens (including phenoxy) is 1. The molecule has 0 N–H and O–H groups in total. The summed E-state index contributed by atoms with van der Waals surface area (Å²) in [5, 5.41) is 0. The van der Waals surface area contributed by atoms with Gasteiger partial charge in [0.1, 0.15) is 0 Å². The first-order valence-electron chi connectivity index (χ1n) is 12.5. The molecule has 0 aromatic heterocycles. The molecule has 2 aromatic carbocycles. The van der Waals surface area contributed by atoms with Crippen molar-refractivity contribution in [2.24, 2.45) is 0 Å². The Balaban J connectivity index is 2.17. The van der Waals surface area contributed by atoms with E-state index in [0.29, 0.717) is 18.6 Å². The molecule has 0 fully saturated rings. The van der Waals surface area contributed by atoms with Crippen LogP contribution in [-0.4, -0.2) is 29.5 Å². The van der Waals surface area contributed by atoms with Gasteiger partial charge < -0.3 is 9.64 Å². The van der Waals surface area contributed by atoms with Crippen LogP contribution < -0.4 is 4.90 Å². The summed E-state index contributed by atoms with van der Waals surface area (Å²) in [6.45, 7) is 3.41. The molecule has 1 aliphatic rings. The van der Waals surface area contributed by atoms with E-state index in [1.165, 1.54) is 0 Å². The lowest BCUT2D eigenvalue weighted by atomic mass is 9.92. The molecule has 2 amide bonds. The zero-order chi connectivity index (χ0) is 30.9. The van der Waals surface area contributed by atoms with E-state index in [1.807, 2.05) is 0 Å². The zero-order valence-corrected chi connectivity index (χ0v) is 22.2. The number of fused-ring (bicyclic) bond motifs is 1. The number of nitrogens with zero attached hydrogens (tertiary/aromatic N) is 2. The van der Waals surface area contributed by atoms with Gasteiger partial charge in [0.25, 0.3) is 0 Å². The Hall–Kier alpha value is -3.45. The summed E-state index contributed by atoms with van der Waals surface area (Å²) < 4.78 is 127. The standard InChI is InChI=1S/C27H27F9N2O3/c1-15(2)41-24(40)37-9-5-4-6-22(21-8-7-18(13-23(21)37)25(28,29)30)38(16(3)39)14-17-10-19(26(31,32)33)12-20(11-17)27(34,35)36/h7-8,10-13,15,22H,4-6,9,14H2,1-3H3. The number of carbonyl (C=O) groups is 2. The van der Waals surface area contributed by atoms with Crippen molar-refractivity contribution in [2.75, 3.05) is 11.4 Å². The smallest absolute Gasteiger partial charge is 0.416 e. The van der Waals surface area contributed by atoms with Crippen molar-refractivity contribution in [1.82, 2.24) is 4.90 Å². The molecule has 0 spiro atoms. The van der Waals surface area contributed by atoms with Gasteiger partial charge in [-0.1, -0.05) is 6.07 Å². The predicted octanol–water partition coefficient (Wildman–Crippen LogP) is 8.37. The van der Waals surface area contributed by atoms with E-state index in [2.05, 4.69) is 0 Å². The van der Waals surface area contributed by atoms with Gasteiger partial charge in [0.2, 0.25) is 5.91 Å². The molecule has 0 saturated heterocycles. The lowest BCUT2D eigenvalue weighted by Gasteiger charge is -2.37. The Morgan fingerprint density at radius 3 is 1.93 bits per heavy atom. The van der Waals surface area contributed by atoms with Crippen LogP contribution in [0, 0.1) is 0 Å². The third-order valence-corrected chi connectivity index (χ3v) is 6.45. The number of rotatable bonds is 4. The van der Waals surface area contributed by atoms with E-state index in [9.17, 15) is 49.1 Å². The highest BCUT2D eigenvalue weighted by atomic mass is 19.4. The highest BCUT2D eigenvalue weighted by Crippen LogP contribution is 2.42. The molecule has 14 heteroatoms. The number of carbonyl (C=O) groups excluding carboxylic acids is 2. The number of alkyl halides is 9. The number of anilines is 1. The highest BCUT2D eigenvalue weighted by Gasteiger charge is 2.39. The van der Waals surface area contributed by atoms with Gasteiger partial charge in [-0.15, -0.1) is 0 Å². The second kappa shape index (κ2) is 11.8. The van der Waals surface area contributed by atoms with E-state index in [1.54, 1.807) is 13.8 Å². The van der Waals surface area contributed by atoms with Crippen LogP contribution in [0.4, 0.5) is 50.0 Å². The van der Waals surface area contributed by atoms with Crippen LogP contribution >= 0.6 is 0 Å². The lowest BCUT2D eigenvalue weighted by Crippen LogP contribution is -2.39. The van der Waals surface area contributed by atoms with Crippen LogP contribution in [0.5, 0.6) is 0 Å². The van der Waals surface area contributed by atoms with Crippen molar-refractivity contribution in [3.8, 4) is 0 Å². The fraction of sp³-hybridized carbons (Fsp3) is 0.481. The summed E-state index contributed by atoms with van der Waals surface area (Å²) in [5.41, 5.74) is -4.87. The number of amides is 2. The Labute approximate surface area is 229 Å². The predicted molar refractivity (Wildman–Crippen MR) is 130 cm³/mol. The van der Waals surface area contributed by atoms with Crippen LogP contribution in [0.15, 0.2) is 36.4 Å². The Bertz CT molecular complexity index is 1240. The van der Waals surface area contributed by atoms with Gasteiger partial charge in [0, 0.05) is 20.0 Å². The van der Waals surface area contributed by atoms with Gasteiger partial charge in [0.15, 0.2) is 0 Å². The molecule has 1 heterocycles. The minimum Gasteiger partial charge on any atom is -0.446 e. The molecule has 5 nitrogen and oxygen atoms in total. The number of benzene rings is 2. The molecule has 3 rings (SSSR count). The second-order valence-electron chi connectivity index (χ2n) is 9.93. The molecular formula is C27H27F9N2O3. The van der Waals surface area contributed by atoms with Crippen LogP contribution in [0.2, 0.25) is 0 Å². The van der Waals surface area contributed by atoms with Crippen molar-refractivity contribution in [1.29, 1.82) is 0 Å². The van der Waals surface area contributed by atoms with E-state index in [0.717, 1.165) is 34.9 Å². The van der Waals surface area contributed by atoms with Crippen LogP contribution in [-0.2, 0) is 34.6 Å². The van der Waals surface area contributed by atoms with E-state index in [-0.39, 0.29) is 36.7 Å². The number of hydrogen-bond donors (Lipinski definition) is 0. The molecule has 0 bridgehead atoms. The molecule has 0 radical (unpaired) electrons. The normalized spacial score (nSPS) is 16.6. The van der Waals surface area contributed by atoms with Crippen molar-refractivity contribution < 1.29 is 53.8 Å². The first kappa shape index (κ1) is 32.1. The van der Waals surface area contributed by atoms with Gasteiger partial charge >= 0.3 is 24.6 Å². The fourth-order valence-electron chi connectivity index (χ4n) is 4.65.